The fraction of sp³-hybridized carbons (Fsp3) is 0.450. The van der Waals surface area contributed by atoms with Crippen LogP contribution in [-0.4, -0.2) is 67.0 Å². The molecule has 0 saturated carbocycles. The molecule has 1 aromatic rings. The zero-order valence-electron chi connectivity index (χ0n) is 17.0. The number of hydrogen-bond donors (Lipinski definition) is 2. The molecular weight excluding hydrogens is 431 g/mol. The van der Waals surface area contributed by atoms with Gasteiger partial charge < -0.3 is 20.3 Å². The lowest BCUT2D eigenvalue weighted by Gasteiger charge is -2.33. The number of likely N-dealkylation sites (N-methyl/N-ethyl adjacent to an activating group) is 1. The van der Waals surface area contributed by atoms with E-state index in [9.17, 15) is 14.4 Å². The van der Waals surface area contributed by atoms with Crippen molar-refractivity contribution in [1.82, 2.24) is 20.4 Å². The Kier molecular flexibility index (Phi) is 6.90. The third-order valence-electron chi connectivity index (χ3n) is 5.29. The fourth-order valence-corrected chi connectivity index (χ4v) is 4.21. The molecule has 4 amide bonds. The molecule has 0 aliphatic carbocycles. The van der Waals surface area contributed by atoms with Crippen molar-refractivity contribution in [3.05, 3.63) is 45.1 Å². The summed E-state index contributed by atoms with van der Waals surface area (Å²) < 4.78 is 4.94. The van der Waals surface area contributed by atoms with E-state index < -0.39 is 12.1 Å². The number of halogens is 2. The third kappa shape index (κ3) is 4.12. The average molecular weight is 455 g/mol. The summed E-state index contributed by atoms with van der Waals surface area (Å²) in [7, 11) is 1.54. The number of nitrogens with one attached hydrogen (secondary N) is 2. The van der Waals surface area contributed by atoms with Crippen LogP contribution in [0.5, 0.6) is 0 Å². The van der Waals surface area contributed by atoms with E-state index in [0.717, 1.165) is 0 Å². The summed E-state index contributed by atoms with van der Waals surface area (Å²) >= 11 is 12.4. The molecule has 162 valence electrons. The third-order valence-corrected chi connectivity index (χ3v) is 5.85. The summed E-state index contributed by atoms with van der Waals surface area (Å²) in [5.41, 5.74) is 1.57. The molecule has 2 aliphatic heterocycles. The van der Waals surface area contributed by atoms with E-state index in [0.29, 0.717) is 46.6 Å². The molecule has 3 rings (SSSR count). The van der Waals surface area contributed by atoms with Crippen LogP contribution in [0.15, 0.2) is 29.5 Å². The smallest absolute Gasteiger partial charge is 0.322 e. The first-order chi connectivity index (χ1) is 14.3. The minimum absolute atomic E-state index is 0.163. The molecule has 0 saturated heterocycles. The highest BCUT2D eigenvalue weighted by Crippen LogP contribution is 2.39. The highest BCUT2D eigenvalue weighted by atomic mass is 35.5. The zero-order chi connectivity index (χ0) is 22.0. The number of methoxy groups -OCH3 is 1. The van der Waals surface area contributed by atoms with E-state index in [1.807, 2.05) is 6.92 Å². The van der Waals surface area contributed by atoms with E-state index >= 15 is 0 Å². The number of nitrogens with zero attached hydrogens (tertiary/aromatic N) is 2. The summed E-state index contributed by atoms with van der Waals surface area (Å²) in [6, 6.07) is 3.17. The van der Waals surface area contributed by atoms with Gasteiger partial charge in [0.05, 0.1) is 30.5 Å². The monoisotopic (exact) mass is 454 g/mol. The van der Waals surface area contributed by atoms with Crippen LogP contribution < -0.4 is 10.6 Å². The standard InChI is InChI=1S/C20H24Cl2N4O4/c1-4-25-15-10-26(11(2)18(27)23-7-8-30-3)19(28)16(15)17(24-20(25)29)13-6-5-12(21)9-14(13)22/h5-6,9,11,17H,4,7-8,10H2,1-3H3,(H,23,27)(H,24,29)/t11-,17+/m0/s1. The van der Waals surface area contributed by atoms with Gasteiger partial charge in [-0.25, -0.2) is 4.79 Å². The number of carbonyl (C=O) groups is 3. The Morgan fingerprint density at radius 2 is 2.10 bits per heavy atom. The molecule has 30 heavy (non-hydrogen) atoms. The van der Waals surface area contributed by atoms with Crippen LogP contribution >= 0.6 is 23.2 Å². The maximum Gasteiger partial charge on any atom is 0.322 e. The molecule has 0 fully saturated rings. The van der Waals surface area contributed by atoms with Gasteiger partial charge in [0.15, 0.2) is 0 Å². The van der Waals surface area contributed by atoms with Gasteiger partial charge >= 0.3 is 6.03 Å². The summed E-state index contributed by atoms with van der Waals surface area (Å²) in [4.78, 5) is 41.6. The minimum atomic E-state index is -0.721. The van der Waals surface area contributed by atoms with Crippen molar-refractivity contribution in [3.63, 3.8) is 0 Å². The van der Waals surface area contributed by atoms with E-state index in [1.54, 1.807) is 32.2 Å². The van der Waals surface area contributed by atoms with Crippen LogP contribution in [0.4, 0.5) is 4.79 Å². The molecule has 2 N–H and O–H groups in total. The lowest BCUT2D eigenvalue weighted by Crippen LogP contribution is -2.47. The van der Waals surface area contributed by atoms with Crippen molar-refractivity contribution in [1.29, 1.82) is 0 Å². The van der Waals surface area contributed by atoms with Gasteiger partial charge in [0.2, 0.25) is 5.91 Å². The first kappa shape index (κ1) is 22.4. The maximum absolute atomic E-state index is 13.4. The van der Waals surface area contributed by atoms with Crippen LogP contribution in [0.25, 0.3) is 0 Å². The average Bonchev–Trinajstić information content (AvgIpc) is 3.04. The molecule has 1 aromatic carbocycles. The van der Waals surface area contributed by atoms with Crippen LogP contribution in [0.3, 0.4) is 0 Å². The molecule has 10 heteroatoms. The molecule has 0 spiro atoms. The Bertz CT molecular complexity index is 905. The molecule has 2 heterocycles. The lowest BCUT2D eigenvalue weighted by atomic mass is 9.95. The van der Waals surface area contributed by atoms with Crippen LogP contribution in [0.2, 0.25) is 10.0 Å². The number of rotatable bonds is 7. The quantitative estimate of drug-likeness (QED) is 0.618. The van der Waals surface area contributed by atoms with Gasteiger partial charge in [0.1, 0.15) is 6.04 Å². The Labute approximate surface area is 185 Å². The Hall–Kier alpha value is -2.29. The van der Waals surface area contributed by atoms with Gasteiger partial charge in [0, 0.05) is 30.2 Å². The van der Waals surface area contributed by atoms with E-state index in [4.69, 9.17) is 27.9 Å². The van der Waals surface area contributed by atoms with Crippen molar-refractivity contribution in [2.75, 3.05) is 33.4 Å². The number of hydrogen-bond acceptors (Lipinski definition) is 4. The normalized spacial score (nSPS) is 19.7. The van der Waals surface area contributed by atoms with Crippen molar-refractivity contribution in [2.24, 2.45) is 0 Å². The molecule has 0 radical (unpaired) electrons. The Balaban J connectivity index is 1.93. The number of amides is 4. The van der Waals surface area contributed by atoms with E-state index in [2.05, 4.69) is 10.6 Å². The Morgan fingerprint density at radius 1 is 1.37 bits per heavy atom. The molecular formula is C20H24Cl2N4O4. The largest absolute Gasteiger partial charge is 0.383 e. The summed E-state index contributed by atoms with van der Waals surface area (Å²) in [5, 5.41) is 6.41. The van der Waals surface area contributed by atoms with Gasteiger partial charge in [-0.1, -0.05) is 29.3 Å². The van der Waals surface area contributed by atoms with Gasteiger partial charge in [-0.15, -0.1) is 0 Å². The van der Waals surface area contributed by atoms with Crippen molar-refractivity contribution < 1.29 is 19.1 Å². The first-order valence-corrected chi connectivity index (χ1v) is 10.4. The summed E-state index contributed by atoms with van der Waals surface area (Å²) in [6.07, 6.45) is 0. The van der Waals surface area contributed by atoms with E-state index in [1.165, 1.54) is 9.80 Å². The topological polar surface area (TPSA) is 91.0 Å². The number of ether oxygens (including phenoxy) is 1. The Morgan fingerprint density at radius 3 is 2.73 bits per heavy atom. The van der Waals surface area contributed by atoms with Gasteiger partial charge in [0.25, 0.3) is 5.91 Å². The maximum atomic E-state index is 13.4. The van der Waals surface area contributed by atoms with Gasteiger partial charge in [-0.05, 0) is 31.5 Å². The molecule has 0 bridgehead atoms. The zero-order valence-corrected chi connectivity index (χ0v) is 18.5. The van der Waals surface area contributed by atoms with Crippen molar-refractivity contribution >= 4 is 41.0 Å². The molecule has 8 nitrogen and oxygen atoms in total. The highest BCUT2D eigenvalue weighted by Gasteiger charge is 2.46. The fourth-order valence-electron chi connectivity index (χ4n) is 3.70. The summed E-state index contributed by atoms with van der Waals surface area (Å²) in [6.45, 7) is 4.76. The number of benzene rings is 1. The molecule has 0 aromatic heterocycles. The number of urea groups is 1. The minimum Gasteiger partial charge on any atom is -0.383 e. The predicted molar refractivity (Wildman–Crippen MR) is 113 cm³/mol. The second-order valence-electron chi connectivity index (χ2n) is 7.05. The number of carbonyl (C=O) groups excluding carboxylic acids is 3. The van der Waals surface area contributed by atoms with Gasteiger partial charge in [-0.3, -0.25) is 14.5 Å². The van der Waals surface area contributed by atoms with Crippen molar-refractivity contribution in [2.45, 2.75) is 25.9 Å². The summed E-state index contributed by atoms with van der Waals surface area (Å²) in [5.74, 6) is -0.600. The second kappa shape index (κ2) is 9.24. The van der Waals surface area contributed by atoms with Crippen LogP contribution in [-0.2, 0) is 14.3 Å². The van der Waals surface area contributed by atoms with Crippen LogP contribution in [0.1, 0.15) is 25.5 Å². The highest BCUT2D eigenvalue weighted by molar-refractivity contribution is 6.35. The lowest BCUT2D eigenvalue weighted by molar-refractivity contribution is -0.135. The van der Waals surface area contributed by atoms with Gasteiger partial charge in [-0.2, -0.15) is 0 Å². The van der Waals surface area contributed by atoms with Crippen molar-refractivity contribution in [3.8, 4) is 0 Å². The second-order valence-corrected chi connectivity index (χ2v) is 7.89. The first-order valence-electron chi connectivity index (χ1n) is 9.63. The SMILES string of the molecule is CCN1C(=O)N[C@H](c2ccc(Cl)cc2Cl)C2=C1CN([C@@H](C)C(=O)NCCOC)C2=O. The molecule has 2 aliphatic rings. The molecule has 2 atom stereocenters. The van der Waals surface area contributed by atoms with E-state index in [-0.39, 0.29) is 24.4 Å². The predicted octanol–water partition coefficient (Wildman–Crippen LogP) is 2.33. The molecule has 0 unspecified atom stereocenters. The van der Waals surface area contributed by atoms with Crippen LogP contribution in [0, 0.1) is 0 Å².